The quantitative estimate of drug-likeness (QED) is 0.883. The Bertz CT molecular complexity index is 377. The van der Waals surface area contributed by atoms with Crippen molar-refractivity contribution < 1.29 is 5.11 Å². The highest BCUT2D eigenvalue weighted by atomic mass is 16.3. The molecule has 3 unspecified atom stereocenters. The summed E-state index contributed by atoms with van der Waals surface area (Å²) in [6, 6.07) is 2.20. The Morgan fingerprint density at radius 1 is 1.33 bits per heavy atom. The van der Waals surface area contributed by atoms with Crippen LogP contribution in [0.1, 0.15) is 50.2 Å². The first-order chi connectivity index (χ1) is 8.69. The van der Waals surface area contributed by atoms with Gasteiger partial charge in [-0.05, 0) is 55.6 Å². The van der Waals surface area contributed by atoms with Gasteiger partial charge in [-0.3, -0.25) is 4.98 Å². The summed E-state index contributed by atoms with van der Waals surface area (Å²) in [5.41, 5.74) is 2.49. The maximum absolute atomic E-state index is 10.2. The molecule has 1 N–H and O–H groups in total. The van der Waals surface area contributed by atoms with Crippen molar-refractivity contribution in [2.75, 3.05) is 0 Å². The first-order valence-corrected chi connectivity index (χ1v) is 7.27. The average molecular weight is 247 g/mol. The van der Waals surface area contributed by atoms with Crippen LogP contribution in [0.5, 0.6) is 0 Å². The third-order valence-electron chi connectivity index (χ3n) is 4.18. The second kappa shape index (κ2) is 6.33. The molecule has 1 aromatic heterocycles. The minimum atomic E-state index is -0.112. The maximum Gasteiger partial charge on any atom is 0.0571 e. The van der Waals surface area contributed by atoms with Crippen molar-refractivity contribution in [1.82, 2.24) is 4.98 Å². The number of hydrogen-bond acceptors (Lipinski definition) is 2. The summed E-state index contributed by atoms with van der Waals surface area (Å²) in [4.78, 5) is 4.25. The molecule has 0 saturated heterocycles. The van der Waals surface area contributed by atoms with Crippen LogP contribution in [0.4, 0.5) is 0 Å². The van der Waals surface area contributed by atoms with Crippen LogP contribution in [0, 0.1) is 18.8 Å². The summed E-state index contributed by atoms with van der Waals surface area (Å²) >= 11 is 0. The van der Waals surface area contributed by atoms with E-state index in [1.807, 2.05) is 12.4 Å². The van der Waals surface area contributed by atoms with Crippen LogP contribution in [-0.2, 0) is 6.42 Å². The lowest BCUT2D eigenvalue weighted by Gasteiger charge is -2.33. The van der Waals surface area contributed by atoms with Crippen LogP contribution < -0.4 is 0 Å². The number of nitrogens with zero attached hydrogens (tertiary/aromatic N) is 1. The average Bonchev–Trinajstić information content (AvgIpc) is 2.34. The molecular formula is C16H25NO. The number of hydrogen-bond donors (Lipinski definition) is 1. The van der Waals surface area contributed by atoms with Gasteiger partial charge in [-0.25, -0.2) is 0 Å². The van der Waals surface area contributed by atoms with E-state index in [2.05, 4.69) is 24.9 Å². The van der Waals surface area contributed by atoms with E-state index in [9.17, 15) is 5.11 Å². The number of pyridine rings is 1. The molecule has 1 aliphatic carbocycles. The van der Waals surface area contributed by atoms with E-state index < -0.39 is 0 Å². The summed E-state index contributed by atoms with van der Waals surface area (Å²) in [6.07, 6.45) is 10.7. The van der Waals surface area contributed by atoms with Crippen molar-refractivity contribution in [3.8, 4) is 0 Å². The van der Waals surface area contributed by atoms with Gasteiger partial charge in [0.25, 0.3) is 0 Å². The van der Waals surface area contributed by atoms with E-state index in [1.165, 1.54) is 36.8 Å². The summed E-state index contributed by atoms with van der Waals surface area (Å²) in [7, 11) is 0. The predicted molar refractivity (Wildman–Crippen MR) is 74.4 cm³/mol. The predicted octanol–water partition coefficient (Wildman–Crippen LogP) is 3.51. The molecule has 0 amide bonds. The van der Waals surface area contributed by atoms with Crippen LogP contribution in [0.2, 0.25) is 0 Å². The molecular weight excluding hydrogens is 222 g/mol. The van der Waals surface area contributed by atoms with Gasteiger partial charge in [-0.15, -0.1) is 0 Å². The lowest BCUT2D eigenvalue weighted by molar-refractivity contribution is 0.0462. The van der Waals surface area contributed by atoms with Crippen LogP contribution in [0.25, 0.3) is 0 Å². The van der Waals surface area contributed by atoms with Crippen molar-refractivity contribution in [2.45, 2.75) is 58.5 Å². The molecule has 0 radical (unpaired) electrons. The molecule has 1 aliphatic rings. The molecule has 2 rings (SSSR count). The number of aliphatic hydroxyl groups excluding tert-OH is 1. The molecule has 0 spiro atoms. The molecule has 1 heterocycles. The fourth-order valence-corrected chi connectivity index (χ4v) is 3.27. The van der Waals surface area contributed by atoms with E-state index >= 15 is 0 Å². The van der Waals surface area contributed by atoms with Gasteiger partial charge in [0, 0.05) is 12.4 Å². The molecule has 1 fully saturated rings. The third kappa shape index (κ3) is 3.55. The molecule has 0 aromatic carbocycles. The Kier molecular flexibility index (Phi) is 4.76. The Morgan fingerprint density at radius 3 is 2.89 bits per heavy atom. The number of aliphatic hydroxyl groups is 1. The highest BCUT2D eigenvalue weighted by molar-refractivity contribution is 5.17. The smallest absolute Gasteiger partial charge is 0.0571 e. The lowest BCUT2D eigenvalue weighted by Crippen LogP contribution is -2.30. The number of rotatable bonds is 4. The van der Waals surface area contributed by atoms with Gasteiger partial charge in [-0.1, -0.05) is 25.8 Å². The number of aryl methyl sites for hydroxylation is 1. The summed E-state index contributed by atoms with van der Waals surface area (Å²) in [5, 5.41) is 10.2. The SMILES string of the molecule is CCCC1CCC(O)C(Cc2cncc(C)c2)C1. The molecule has 100 valence electrons. The monoisotopic (exact) mass is 247 g/mol. The van der Waals surface area contributed by atoms with Crippen LogP contribution >= 0.6 is 0 Å². The van der Waals surface area contributed by atoms with Gasteiger partial charge in [0.1, 0.15) is 0 Å². The van der Waals surface area contributed by atoms with Crippen LogP contribution in [-0.4, -0.2) is 16.2 Å². The zero-order chi connectivity index (χ0) is 13.0. The zero-order valence-electron chi connectivity index (χ0n) is 11.6. The Labute approximate surface area is 110 Å². The van der Waals surface area contributed by atoms with Crippen LogP contribution in [0.15, 0.2) is 18.5 Å². The first kappa shape index (κ1) is 13.5. The highest BCUT2D eigenvalue weighted by Crippen LogP contribution is 2.34. The van der Waals surface area contributed by atoms with E-state index in [1.54, 1.807) is 0 Å². The number of aromatic nitrogens is 1. The Hall–Kier alpha value is -0.890. The third-order valence-corrected chi connectivity index (χ3v) is 4.18. The molecule has 1 saturated carbocycles. The van der Waals surface area contributed by atoms with Gasteiger partial charge in [-0.2, -0.15) is 0 Å². The van der Waals surface area contributed by atoms with Crippen molar-refractivity contribution >= 4 is 0 Å². The summed E-state index contributed by atoms with van der Waals surface area (Å²) in [5.74, 6) is 1.25. The van der Waals surface area contributed by atoms with E-state index in [0.29, 0.717) is 5.92 Å². The van der Waals surface area contributed by atoms with Gasteiger partial charge >= 0.3 is 0 Å². The standard InChI is InChI=1S/C16H25NO/c1-3-4-13-5-6-16(18)15(8-13)9-14-7-12(2)10-17-11-14/h7,10-11,13,15-16,18H,3-6,8-9H2,1-2H3. The Morgan fingerprint density at radius 2 is 2.17 bits per heavy atom. The van der Waals surface area contributed by atoms with Gasteiger partial charge in [0.15, 0.2) is 0 Å². The largest absolute Gasteiger partial charge is 0.393 e. The van der Waals surface area contributed by atoms with Crippen molar-refractivity contribution in [3.05, 3.63) is 29.6 Å². The normalized spacial score (nSPS) is 28.3. The van der Waals surface area contributed by atoms with Crippen molar-refractivity contribution in [3.63, 3.8) is 0 Å². The van der Waals surface area contributed by atoms with Crippen molar-refractivity contribution in [2.24, 2.45) is 11.8 Å². The molecule has 1 aromatic rings. The molecule has 0 aliphatic heterocycles. The van der Waals surface area contributed by atoms with E-state index in [-0.39, 0.29) is 6.10 Å². The molecule has 2 nitrogen and oxygen atoms in total. The topological polar surface area (TPSA) is 33.1 Å². The zero-order valence-corrected chi connectivity index (χ0v) is 11.6. The van der Waals surface area contributed by atoms with E-state index in [4.69, 9.17) is 0 Å². The highest BCUT2D eigenvalue weighted by Gasteiger charge is 2.28. The van der Waals surface area contributed by atoms with Gasteiger partial charge in [0.2, 0.25) is 0 Å². The second-order valence-electron chi connectivity index (χ2n) is 5.87. The minimum Gasteiger partial charge on any atom is -0.393 e. The first-order valence-electron chi connectivity index (χ1n) is 7.27. The Balaban J connectivity index is 1.98. The van der Waals surface area contributed by atoms with Crippen LogP contribution in [0.3, 0.4) is 0 Å². The van der Waals surface area contributed by atoms with Gasteiger partial charge < -0.3 is 5.11 Å². The molecule has 3 atom stereocenters. The van der Waals surface area contributed by atoms with Crippen molar-refractivity contribution in [1.29, 1.82) is 0 Å². The summed E-state index contributed by atoms with van der Waals surface area (Å²) in [6.45, 7) is 4.33. The van der Waals surface area contributed by atoms with E-state index in [0.717, 1.165) is 18.8 Å². The fourth-order valence-electron chi connectivity index (χ4n) is 3.27. The molecule has 2 heteroatoms. The second-order valence-corrected chi connectivity index (χ2v) is 5.87. The molecule has 18 heavy (non-hydrogen) atoms. The fraction of sp³-hybridized carbons (Fsp3) is 0.688. The van der Waals surface area contributed by atoms with Gasteiger partial charge in [0.05, 0.1) is 6.10 Å². The lowest BCUT2D eigenvalue weighted by atomic mass is 9.75. The summed E-state index contributed by atoms with van der Waals surface area (Å²) < 4.78 is 0. The molecule has 0 bridgehead atoms. The maximum atomic E-state index is 10.2. The minimum absolute atomic E-state index is 0.112.